The van der Waals surface area contributed by atoms with Gasteiger partial charge in [0.15, 0.2) is 0 Å². The standard InChI is InChI=1S/C33H44O6/c1-23-13-11-15-24(2)30(36)18-10-8-6-5-7-9-14-25(3)33(38)39-31(22-29(35)20-19-23)26(4)32(37)27-16-12-17-28(34)21-27/h5-17,21,23,26,29-32,34-37H,18-20,22H2,1-4H3/b6-5-,9-7-,10-8-,13-11-,24-15-,25-14-/t23-,26+,29-,30+,31-,32+/m0/s1. The molecule has 1 heterocycles. The van der Waals surface area contributed by atoms with Crippen LogP contribution in [0.15, 0.2) is 96.2 Å². The predicted octanol–water partition coefficient (Wildman–Crippen LogP) is 6.02. The Kier molecular flexibility index (Phi) is 13.7. The molecular weight excluding hydrogens is 492 g/mol. The summed E-state index contributed by atoms with van der Waals surface area (Å²) in [5, 5.41) is 42.1. The summed E-state index contributed by atoms with van der Waals surface area (Å²) in [6.07, 6.45) is 17.3. The minimum Gasteiger partial charge on any atom is -0.508 e. The van der Waals surface area contributed by atoms with E-state index in [0.717, 1.165) is 12.0 Å². The minimum absolute atomic E-state index is 0.0370. The molecule has 1 aromatic carbocycles. The lowest BCUT2D eigenvalue weighted by atomic mass is 9.88. The molecule has 2 rings (SSSR count). The van der Waals surface area contributed by atoms with Crippen LogP contribution in [0.4, 0.5) is 0 Å². The van der Waals surface area contributed by atoms with Gasteiger partial charge in [-0.25, -0.2) is 4.79 Å². The van der Waals surface area contributed by atoms with Crippen molar-refractivity contribution in [1.82, 2.24) is 0 Å². The lowest BCUT2D eigenvalue weighted by molar-refractivity contribution is -0.151. The van der Waals surface area contributed by atoms with Gasteiger partial charge in [0.2, 0.25) is 0 Å². The summed E-state index contributed by atoms with van der Waals surface area (Å²) in [4.78, 5) is 12.9. The highest BCUT2D eigenvalue weighted by atomic mass is 16.5. The highest BCUT2D eigenvalue weighted by Gasteiger charge is 2.31. The Balaban J connectivity index is 2.28. The molecule has 6 atom stereocenters. The van der Waals surface area contributed by atoms with E-state index in [2.05, 4.69) is 6.92 Å². The van der Waals surface area contributed by atoms with Gasteiger partial charge < -0.3 is 25.2 Å². The minimum atomic E-state index is -1.00. The number of cyclic esters (lactones) is 1. The van der Waals surface area contributed by atoms with Crippen molar-refractivity contribution in [2.75, 3.05) is 0 Å². The maximum absolute atomic E-state index is 12.9. The van der Waals surface area contributed by atoms with Crippen molar-refractivity contribution in [3.63, 3.8) is 0 Å². The second-order valence-corrected chi connectivity index (χ2v) is 10.4. The van der Waals surface area contributed by atoms with E-state index in [-0.39, 0.29) is 18.1 Å². The quantitative estimate of drug-likeness (QED) is 0.352. The molecule has 0 aliphatic carbocycles. The number of aromatic hydroxyl groups is 1. The second-order valence-electron chi connectivity index (χ2n) is 10.4. The van der Waals surface area contributed by atoms with Crippen LogP contribution in [0.1, 0.15) is 65.0 Å². The maximum Gasteiger partial charge on any atom is 0.333 e. The van der Waals surface area contributed by atoms with E-state index in [1.807, 2.05) is 49.5 Å². The number of rotatable bonds is 3. The van der Waals surface area contributed by atoms with Gasteiger partial charge in [-0.15, -0.1) is 0 Å². The fourth-order valence-electron chi connectivity index (χ4n) is 4.19. The number of ether oxygens (including phenoxy) is 1. The molecule has 0 fully saturated rings. The first-order valence-electron chi connectivity index (χ1n) is 13.6. The van der Waals surface area contributed by atoms with E-state index < -0.39 is 36.3 Å². The Morgan fingerprint density at radius 1 is 0.974 bits per heavy atom. The van der Waals surface area contributed by atoms with E-state index in [9.17, 15) is 25.2 Å². The van der Waals surface area contributed by atoms with Gasteiger partial charge in [-0.05, 0) is 62.3 Å². The molecule has 1 aliphatic heterocycles. The molecule has 0 spiro atoms. The number of phenolic OH excluding ortho intramolecular Hbond substituents is 1. The maximum atomic E-state index is 12.9. The molecule has 0 saturated heterocycles. The monoisotopic (exact) mass is 536 g/mol. The third kappa shape index (κ3) is 11.6. The summed E-state index contributed by atoms with van der Waals surface area (Å²) in [6.45, 7) is 7.39. The van der Waals surface area contributed by atoms with E-state index in [0.29, 0.717) is 24.0 Å². The third-order valence-electron chi connectivity index (χ3n) is 6.95. The number of aliphatic hydroxyl groups is 3. The first-order chi connectivity index (χ1) is 18.6. The van der Waals surface area contributed by atoms with Crippen LogP contribution in [0.5, 0.6) is 5.75 Å². The molecule has 0 saturated carbocycles. The molecule has 1 aliphatic rings. The van der Waals surface area contributed by atoms with E-state index >= 15 is 0 Å². The van der Waals surface area contributed by atoms with Crippen LogP contribution in [-0.4, -0.2) is 44.7 Å². The average Bonchev–Trinajstić information content (AvgIpc) is 2.91. The largest absolute Gasteiger partial charge is 0.508 e. The van der Waals surface area contributed by atoms with Crippen molar-refractivity contribution in [2.24, 2.45) is 11.8 Å². The zero-order valence-corrected chi connectivity index (χ0v) is 23.5. The fourth-order valence-corrected chi connectivity index (χ4v) is 4.19. The number of hydrogen-bond donors (Lipinski definition) is 4. The van der Waals surface area contributed by atoms with Gasteiger partial charge in [0.05, 0.1) is 18.3 Å². The topological polar surface area (TPSA) is 107 Å². The molecule has 1 aromatic rings. The van der Waals surface area contributed by atoms with Crippen LogP contribution in [0, 0.1) is 11.8 Å². The van der Waals surface area contributed by atoms with Crippen molar-refractivity contribution in [3.8, 4) is 5.75 Å². The SMILES string of the molecule is C/C1=C/C=C\C=C/C=C\C[C@@H](O)/C(C)=C\C=C/[C@H](C)CC[C@H](O)C[C@@H]([C@@H](C)[C@@H](O)c2cccc(O)c2)OC1=O. The lowest BCUT2D eigenvalue weighted by Gasteiger charge is -2.30. The molecule has 6 nitrogen and oxygen atoms in total. The molecule has 0 radical (unpaired) electrons. The van der Waals surface area contributed by atoms with Crippen molar-refractivity contribution < 1.29 is 30.0 Å². The zero-order valence-electron chi connectivity index (χ0n) is 23.5. The molecule has 0 bridgehead atoms. The smallest absolute Gasteiger partial charge is 0.333 e. The second kappa shape index (κ2) is 16.7. The molecule has 0 unspecified atom stereocenters. The average molecular weight is 537 g/mol. The van der Waals surface area contributed by atoms with E-state index in [4.69, 9.17) is 4.74 Å². The first-order valence-corrected chi connectivity index (χ1v) is 13.6. The van der Waals surface area contributed by atoms with E-state index in [1.165, 1.54) is 12.1 Å². The lowest BCUT2D eigenvalue weighted by Crippen LogP contribution is -2.33. The molecule has 0 aromatic heterocycles. The van der Waals surface area contributed by atoms with Crippen molar-refractivity contribution >= 4 is 5.97 Å². The van der Waals surface area contributed by atoms with Gasteiger partial charge in [-0.2, -0.15) is 0 Å². The highest BCUT2D eigenvalue weighted by molar-refractivity contribution is 5.88. The number of esters is 1. The number of carbonyl (C=O) groups is 1. The Labute approximate surface area is 233 Å². The van der Waals surface area contributed by atoms with Gasteiger partial charge in [-0.1, -0.05) is 86.7 Å². The first kappa shape index (κ1) is 32.0. The third-order valence-corrected chi connectivity index (χ3v) is 6.95. The Morgan fingerprint density at radius 2 is 1.69 bits per heavy atom. The number of allylic oxidation sites excluding steroid dienone is 9. The van der Waals surface area contributed by atoms with Gasteiger partial charge in [0, 0.05) is 17.9 Å². The van der Waals surface area contributed by atoms with Crippen LogP contribution in [0.3, 0.4) is 0 Å². The van der Waals surface area contributed by atoms with Gasteiger partial charge in [0.1, 0.15) is 11.9 Å². The van der Waals surface area contributed by atoms with Gasteiger partial charge in [-0.3, -0.25) is 0 Å². The van der Waals surface area contributed by atoms with Gasteiger partial charge >= 0.3 is 5.97 Å². The summed E-state index contributed by atoms with van der Waals surface area (Å²) in [7, 11) is 0. The molecular formula is C33H44O6. The summed E-state index contributed by atoms with van der Waals surface area (Å²) >= 11 is 0. The van der Waals surface area contributed by atoms with Crippen LogP contribution in [0.25, 0.3) is 0 Å². The fraction of sp³-hybridized carbons (Fsp3) is 0.424. The Bertz CT molecular complexity index is 1090. The van der Waals surface area contributed by atoms with Crippen LogP contribution in [0.2, 0.25) is 0 Å². The van der Waals surface area contributed by atoms with E-state index in [1.54, 1.807) is 44.2 Å². The zero-order chi connectivity index (χ0) is 28.8. The van der Waals surface area contributed by atoms with Crippen molar-refractivity contribution in [2.45, 2.75) is 77.8 Å². The number of hydrogen-bond acceptors (Lipinski definition) is 6. The normalized spacial score (nSPS) is 31.9. The van der Waals surface area contributed by atoms with Gasteiger partial charge in [0.25, 0.3) is 0 Å². The number of aliphatic hydroxyl groups excluding tert-OH is 3. The highest BCUT2D eigenvalue weighted by Crippen LogP contribution is 2.31. The summed E-state index contributed by atoms with van der Waals surface area (Å²) in [6, 6.07) is 6.36. The summed E-state index contributed by atoms with van der Waals surface area (Å²) < 4.78 is 5.83. The molecule has 6 heteroatoms. The van der Waals surface area contributed by atoms with Crippen molar-refractivity contribution in [1.29, 1.82) is 0 Å². The predicted molar refractivity (Wildman–Crippen MR) is 156 cm³/mol. The molecule has 0 amide bonds. The van der Waals surface area contributed by atoms with Crippen LogP contribution < -0.4 is 0 Å². The summed E-state index contributed by atoms with van der Waals surface area (Å²) in [5.41, 5.74) is 1.77. The number of phenols is 1. The molecule has 39 heavy (non-hydrogen) atoms. The van der Waals surface area contributed by atoms with Crippen LogP contribution in [-0.2, 0) is 9.53 Å². The Morgan fingerprint density at radius 3 is 2.44 bits per heavy atom. The number of benzene rings is 1. The van der Waals surface area contributed by atoms with Crippen molar-refractivity contribution in [3.05, 3.63) is 102 Å². The molecule has 212 valence electrons. The summed E-state index contributed by atoms with van der Waals surface area (Å²) in [5.74, 6) is -0.830. The Hall–Kier alpha value is -3.19. The van der Waals surface area contributed by atoms with Crippen LogP contribution >= 0.6 is 0 Å². The molecule has 4 N–H and O–H groups in total. The number of carbonyl (C=O) groups excluding carboxylic acids is 1.